The Labute approximate surface area is 175 Å². The van der Waals surface area contributed by atoms with Crippen molar-refractivity contribution in [1.29, 1.82) is 0 Å². The fourth-order valence-corrected chi connectivity index (χ4v) is 3.64. The Morgan fingerprint density at radius 1 is 1.30 bits per heavy atom. The molecule has 0 bridgehead atoms. The van der Waals surface area contributed by atoms with Crippen LogP contribution in [0.1, 0.15) is 38.4 Å². The highest BCUT2D eigenvalue weighted by atomic mass is 32.2. The van der Waals surface area contributed by atoms with Gasteiger partial charge in [-0.05, 0) is 50.8 Å². The zero-order chi connectivity index (χ0) is 21.4. The molecular weight excluding hydrogens is 410 g/mol. The van der Waals surface area contributed by atoms with Crippen LogP contribution in [0.5, 0.6) is 0 Å². The molecule has 1 saturated heterocycles. The third-order valence-electron chi connectivity index (χ3n) is 5.26. The molecule has 0 atom stereocenters. The topological polar surface area (TPSA) is 112 Å². The number of amides is 1. The van der Waals surface area contributed by atoms with Gasteiger partial charge in [-0.2, -0.15) is 4.98 Å². The van der Waals surface area contributed by atoms with Crippen LogP contribution in [0, 0.1) is 12.1 Å². The third-order valence-corrected chi connectivity index (χ3v) is 6.29. The summed E-state index contributed by atoms with van der Waals surface area (Å²) in [6, 6.07) is 8.27. The molecule has 1 aromatic carbocycles. The molecule has 1 aliphatic carbocycles. The number of nitrogens with zero attached hydrogens (tertiary/aromatic N) is 3. The van der Waals surface area contributed by atoms with Crippen molar-refractivity contribution in [1.82, 2.24) is 15.0 Å². The van der Waals surface area contributed by atoms with E-state index in [1.165, 1.54) is 6.07 Å². The van der Waals surface area contributed by atoms with Crippen LogP contribution in [0.4, 0.5) is 4.79 Å². The number of aromatic nitrogens is 2. The summed E-state index contributed by atoms with van der Waals surface area (Å²) in [4.78, 5) is 18.2. The molecule has 2 aliphatic rings. The first-order chi connectivity index (χ1) is 14.2. The molecule has 2 fully saturated rings. The second kappa shape index (κ2) is 7.89. The number of likely N-dealkylation sites (tertiary alicyclic amines) is 1. The Morgan fingerprint density at radius 2 is 2.03 bits per heavy atom. The molecule has 0 unspecified atom stereocenters. The summed E-state index contributed by atoms with van der Waals surface area (Å²) in [5, 5.41) is 3.89. The van der Waals surface area contributed by atoms with Crippen molar-refractivity contribution in [2.24, 2.45) is 0 Å². The highest BCUT2D eigenvalue weighted by Gasteiger charge is 2.43. The highest BCUT2D eigenvalue weighted by Crippen LogP contribution is 2.39. The number of carbonyl (C=O) groups excluding carboxylic acids is 1. The predicted molar refractivity (Wildman–Crippen MR) is 104 cm³/mol. The Kier molecular flexibility index (Phi) is 5.42. The van der Waals surface area contributed by atoms with Crippen LogP contribution in [0.2, 0.25) is 0 Å². The Hall–Kier alpha value is -2.64. The van der Waals surface area contributed by atoms with Crippen LogP contribution >= 0.6 is 0 Å². The molecule has 1 amide bonds. The van der Waals surface area contributed by atoms with Gasteiger partial charge in [-0.25, -0.2) is 13.2 Å². The number of sulfone groups is 1. The molecule has 9 nitrogen and oxygen atoms in total. The molecule has 1 aromatic heterocycles. The molecule has 30 heavy (non-hydrogen) atoms. The lowest BCUT2D eigenvalue weighted by Gasteiger charge is -2.31. The maximum absolute atomic E-state index is 12.1. The lowest BCUT2D eigenvalue weighted by atomic mass is 10.1. The molecule has 0 radical (unpaired) electrons. The zero-order valence-corrected chi connectivity index (χ0v) is 17.7. The van der Waals surface area contributed by atoms with E-state index in [1.54, 1.807) is 11.0 Å². The van der Waals surface area contributed by atoms with Crippen LogP contribution in [0.3, 0.4) is 0 Å². The van der Waals surface area contributed by atoms with Gasteiger partial charge >= 0.3 is 6.09 Å². The average Bonchev–Trinajstić information content (AvgIpc) is 3.25. The van der Waals surface area contributed by atoms with Gasteiger partial charge in [0.1, 0.15) is 17.1 Å². The summed E-state index contributed by atoms with van der Waals surface area (Å²) in [5.41, 5.74) is 0.193. The van der Waals surface area contributed by atoms with Crippen LogP contribution < -0.4 is 0 Å². The van der Waals surface area contributed by atoms with E-state index in [1.807, 2.05) is 6.92 Å². The van der Waals surface area contributed by atoms with Crippen molar-refractivity contribution in [2.45, 2.75) is 55.8 Å². The number of rotatable bonds is 6. The molecule has 10 heteroatoms. The van der Waals surface area contributed by atoms with Gasteiger partial charge < -0.3 is 18.9 Å². The van der Waals surface area contributed by atoms with Crippen LogP contribution in [-0.2, 0) is 25.9 Å². The molecular formula is C20H23N3O6S. The van der Waals surface area contributed by atoms with Gasteiger partial charge in [0.05, 0.1) is 11.7 Å². The lowest BCUT2D eigenvalue weighted by Crippen LogP contribution is -2.42. The van der Waals surface area contributed by atoms with Crippen LogP contribution in [0.15, 0.2) is 21.6 Å². The third kappa shape index (κ3) is 4.91. The summed E-state index contributed by atoms with van der Waals surface area (Å²) in [6.45, 7) is 3.32. The predicted octanol–water partition coefficient (Wildman–Crippen LogP) is 2.41. The number of carbonyl (C=O) groups is 1. The van der Waals surface area contributed by atoms with Crippen molar-refractivity contribution >= 4 is 15.9 Å². The Balaban J connectivity index is 1.25. The number of hydrogen-bond donors (Lipinski definition) is 0. The minimum Gasteiger partial charge on any atom is -0.443 e. The monoisotopic (exact) mass is 433 g/mol. The average molecular weight is 433 g/mol. The van der Waals surface area contributed by atoms with Gasteiger partial charge in [0.15, 0.2) is 15.7 Å². The molecule has 2 aromatic rings. The van der Waals surface area contributed by atoms with E-state index >= 15 is 0 Å². The largest absolute Gasteiger partial charge is 0.443 e. The first kappa shape index (κ1) is 20.6. The number of hydrogen-bond acceptors (Lipinski definition) is 8. The van der Waals surface area contributed by atoms with E-state index < -0.39 is 9.84 Å². The van der Waals surface area contributed by atoms with Crippen molar-refractivity contribution < 1.29 is 27.2 Å². The number of piperidine rings is 1. The van der Waals surface area contributed by atoms with Gasteiger partial charge in [-0.1, -0.05) is 11.2 Å². The minimum atomic E-state index is -3.34. The van der Waals surface area contributed by atoms with Gasteiger partial charge in [-0.15, -0.1) is 0 Å². The molecule has 1 saturated carbocycles. The number of ether oxygens (including phenoxy) is 2. The van der Waals surface area contributed by atoms with Crippen LogP contribution in [-0.4, -0.2) is 60.6 Å². The van der Waals surface area contributed by atoms with E-state index in [9.17, 15) is 13.2 Å². The van der Waals surface area contributed by atoms with Crippen molar-refractivity contribution in [3.8, 4) is 11.5 Å². The summed E-state index contributed by atoms with van der Waals surface area (Å²) < 4.78 is 39.6. The second-order valence-electron chi connectivity index (χ2n) is 7.96. The van der Waals surface area contributed by atoms with Gasteiger partial charge in [0, 0.05) is 19.3 Å². The smallest absolute Gasteiger partial charge is 0.410 e. The van der Waals surface area contributed by atoms with Gasteiger partial charge in [-0.3, -0.25) is 0 Å². The summed E-state index contributed by atoms with van der Waals surface area (Å²) in [7, 11) is -3.34. The molecule has 1 aliphatic heterocycles. The molecule has 0 spiro atoms. The maximum atomic E-state index is 12.1. The first-order valence-electron chi connectivity index (χ1n) is 9.78. The summed E-state index contributed by atoms with van der Waals surface area (Å²) >= 11 is 0. The van der Waals surface area contributed by atoms with E-state index in [4.69, 9.17) is 14.0 Å². The minimum absolute atomic E-state index is 0.00134. The molecule has 0 N–H and O–H groups in total. The first-order valence-corrected chi connectivity index (χ1v) is 11.7. The fraction of sp³-hybridized carbons (Fsp3) is 0.550. The highest BCUT2D eigenvalue weighted by molar-refractivity contribution is 7.90. The molecule has 160 valence electrons. The molecule has 4 rings (SSSR count). The SMILES string of the molecule is CC1(OC(=O)N2CCC(OCc3noc(-c4c#cc(S(C)(=O)=O)cc4)n3)CC2)CC1. The fourth-order valence-electron chi connectivity index (χ4n) is 3.09. The Bertz CT molecular complexity index is 1010. The maximum Gasteiger partial charge on any atom is 0.410 e. The van der Waals surface area contributed by atoms with E-state index in [2.05, 4.69) is 22.3 Å². The van der Waals surface area contributed by atoms with Crippen molar-refractivity contribution in [3.63, 3.8) is 0 Å². The van der Waals surface area contributed by atoms with E-state index in [0.29, 0.717) is 37.3 Å². The normalized spacial score (nSPS) is 18.7. The van der Waals surface area contributed by atoms with Gasteiger partial charge in [0.2, 0.25) is 0 Å². The zero-order valence-electron chi connectivity index (χ0n) is 16.9. The Morgan fingerprint density at radius 3 is 2.63 bits per heavy atom. The second-order valence-corrected chi connectivity index (χ2v) is 9.95. The summed E-state index contributed by atoms with van der Waals surface area (Å²) in [5.74, 6) is 0.602. The quantitative estimate of drug-likeness (QED) is 0.683. The van der Waals surface area contributed by atoms with Crippen molar-refractivity contribution in [3.05, 3.63) is 30.1 Å². The van der Waals surface area contributed by atoms with Crippen LogP contribution in [0.25, 0.3) is 11.5 Å². The summed E-state index contributed by atoms with van der Waals surface area (Å²) in [6.07, 6.45) is 4.16. The molecule has 2 heterocycles. The van der Waals surface area contributed by atoms with E-state index in [-0.39, 0.29) is 35.2 Å². The standard InChI is InChI=1S/C20H23N3O6S/c1-20(9-10-20)28-19(24)23-11-7-15(8-12-23)27-13-17-21-18(29-22-17)14-3-5-16(6-4-14)30(2,25)26/h3,5,15H,7-13H2,1-2H3. The van der Waals surface area contributed by atoms with Crippen molar-refractivity contribution in [2.75, 3.05) is 19.3 Å². The van der Waals surface area contributed by atoms with E-state index in [0.717, 1.165) is 19.1 Å². The van der Waals surface area contributed by atoms with Gasteiger partial charge in [0.25, 0.3) is 5.89 Å². The lowest BCUT2D eigenvalue weighted by molar-refractivity contribution is -0.0117.